The summed E-state index contributed by atoms with van der Waals surface area (Å²) in [6, 6.07) is 8.26. The zero-order valence-electron chi connectivity index (χ0n) is 13.3. The van der Waals surface area contributed by atoms with E-state index in [1.54, 1.807) is 11.3 Å². The van der Waals surface area contributed by atoms with Crippen molar-refractivity contribution in [2.24, 2.45) is 5.92 Å². The van der Waals surface area contributed by atoms with E-state index in [0.717, 1.165) is 0 Å². The van der Waals surface area contributed by atoms with E-state index in [9.17, 15) is 4.79 Å². The lowest BCUT2D eigenvalue weighted by Crippen LogP contribution is -2.42. The van der Waals surface area contributed by atoms with E-state index in [2.05, 4.69) is 43.4 Å². The second kappa shape index (κ2) is 6.58. The zero-order valence-corrected chi connectivity index (χ0v) is 14.1. The predicted octanol–water partition coefficient (Wildman–Crippen LogP) is 4.06. The molecule has 0 aliphatic rings. The molecule has 4 heteroatoms. The number of benzene rings is 1. The fourth-order valence-corrected chi connectivity index (χ4v) is 3.83. The van der Waals surface area contributed by atoms with Crippen molar-refractivity contribution < 1.29 is 9.53 Å². The summed E-state index contributed by atoms with van der Waals surface area (Å²) in [5, 5.41) is 4.72. The average molecular weight is 305 g/mol. The third-order valence-corrected chi connectivity index (χ3v) is 5.28. The minimum Gasteiger partial charge on any atom is -0.468 e. The maximum atomic E-state index is 11.9. The highest BCUT2D eigenvalue weighted by molar-refractivity contribution is 7.19. The van der Waals surface area contributed by atoms with Crippen LogP contribution in [0, 0.1) is 12.8 Å². The van der Waals surface area contributed by atoms with Crippen molar-refractivity contribution in [3.8, 4) is 0 Å². The molecule has 1 heterocycles. The topological polar surface area (TPSA) is 38.3 Å². The van der Waals surface area contributed by atoms with Crippen LogP contribution in [0.4, 0.5) is 0 Å². The van der Waals surface area contributed by atoms with E-state index in [1.807, 2.05) is 13.8 Å². The van der Waals surface area contributed by atoms with Crippen LogP contribution in [0.15, 0.2) is 24.3 Å². The zero-order chi connectivity index (χ0) is 15.6. The van der Waals surface area contributed by atoms with Crippen LogP contribution in [0.3, 0.4) is 0 Å². The number of nitrogens with one attached hydrogen (secondary N) is 1. The van der Waals surface area contributed by atoms with Gasteiger partial charge in [0.15, 0.2) is 0 Å². The summed E-state index contributed by atoms with van der Waals surface area (Å²) in [5.74, 6) is -0.00908. The molecule has 0 radical (unpaired) electrons. The molecule has 0 spiro atoms. The molecule has 0 saturated heterocycles. The summed E-state index contributed by atoms with van der Waals surface area (Å²) in [7, 11) is 1.44. The van der Waals surface area contributed by atoms with Crippen molar-refractivity contribution in [3.05, 3.63) is 34.7 Å². The van der Waals surface area contributed by atoms with Gasteiger partial charge in [0.1, 0.15) is 6.04 Å². The monoisotopic (exact) mass is 305 g/mol. The first-order valence-electron chi connectivity index (χ1n) is 7.27. The third-order valence-electron chi connectivity index (χ3n) is 3.83. The number of aryl methyl sites for hydroxylation is 1. The molecule has 2 aromatic rings. The van der Waals surface area contributed by atoms with Crippen LogP contribution in [0.2, 0.25) is 0 Å². The normalized spacial score (nSPS) is 14.4. The van der Waals surface area contributed by atoms with Gasteiger partial charge in [-0.1, -0.05) is 32.0 Å². The Balaban J connectivity index is 2.27. The van der Waals surface area contributed by atoms with Crippen molar-refractivity contribution in [3.63, 3.8) is 0 Å². The molecule has 0 aliphatic carbocycles. The number of esters is 1. The molecular weight excluding hydrogens is 282 g/mol. The van der Waals surface area contributed by atoms with Crippen LogP contribution < -0.4 is 5.32 Å². The Labute approximate surface area is 130 Å². The van der Waals surface area contributed by atoms with Crippen LogP contribution in [0.5, 0.6) is 0 Å². The van der Waals surface area contributed by atoms with Gasteiger partial charge in [0.2, 0.25) is 0 Å². The Morgan fingerprint density at radius 2 is 1.90 bits per heavy atom. The Bertz CT molecular complexity index is 633. The molecule has 0 aliphatic heterocycles. The number of rotatable bonds is 5. The van der Waals surface area contributed by atoms with Crippen LogP contribution in [0.1, 0.15) is 37.3 Å². The van der Waals surface area contributed by atoms with Gasteiger partial charge in [-0.2, -0.15) is 0 Å². The van der Waals surface area contributed by atoms with Crippen LogP contribution in [-0.2, 0) is 9.53 Å². The van der Waals surface area contributed by atoms with Gasteiger partial charge in [-0.05, 0) is 36.8 Å². The predicted molar refractivity (Wildman–Crippen MR) is 88.8 cm³/mol. The van der Waals surface area contributed by atoms with Crippen LogP contribution in [0.25, 0.3) is 10.1 Å². The van der Waals surface area contributed by atoms with Gasteiger partial charge in [-0.3, -0.25) is 10.1 Å². The maximum absolute atomic E-state index is 11.9. The molecular formula is C17H23NO2S. The smallest absolute Gasteiger partial charge is 0.323 e. The fraction of sp³-hybridized carbons (Fsp3) is 0.471. The first kappa shape index (κ1) is 16.0. The average Bonchev–Trinajstić information content (AvgIpc) is 2.81. The summed E-state index contributed by atoms with van der Waals surface area (Å²) in [5.41, 5.74) is 1.29. The molecule has 0 saturated carbocycles. The number of hydrogen-bond donors (Lipinski definition) is 1. The molecule has 21 heavy (non-hydrogen) atoms. The standard InChI is InChI=1S/C17H23NO2S/c1-10(2)15(17(19)20-5)18-12(4)16-11(3)13-8-6-7-9-14(13)21-16/h6-10,12,15,18H,1-5H3/t12?,15-/m0/s1. The Morgan fingerprint density at radius 3 is 2.48 bits per heavy atom. The summed E-state index contributed by atoms with van der Waals surface area (Å²) in [6.45, 7) is 8.31. The molecule has 114 valence electrons. The van der Waals surface area contributed by atoms with Gasteiger partial charge in [0.25, 0.3) is 0 Å². The molecule has 1 aromatic heterocycles. The van der Waals surface area contributed by atoms with Crippen molar-refractivity contribution in [1.82, 2.24) is 5.32 Å². The van der Waals surface area contributed by atoms with Gasteiger partial charge >= 0.3 is 5.97 Å². The highest BCUT2D eigenvalue weighted by Crippen LogP contribution is 2.34. The first-order valence-corrected chi connectivity index (χ1v) is 8.09. The van der Waals surface area contributed by atoms with E-state index in [4.69, 9.17) is 4.74 Å². The maximum Gasteiger partial charge on any atom is 0.323 e. The Hall–Kier alpha value is -1.39. The molecule has 1 aromatic carbocycles. The molecule has 3 nitrogen and oxygen atoms in total. The minimum absolute atomic E-state index is 0.119. The van der Waals surface area contributed by atoms with Crippen LogP contribution in [-0.4, -0.2) is 19.1 Å². The van der Waals surface area contributed by atoms with E-state index in [1.165, 1.54) is 27.6 Å². The molecule has 1 N–H and O–H groups in total. The quantitative estimate of drug-likeness (QED) is 0.847. The summed E-state index contributed by atoms with van der Waals surface area (Å²) in [4.78, 5) is 13.2. The SMILES string of the molecule is COC(=O)[C@@H](NC(C)c1sc2ccccc2c1C)C(C)C. The lowest BCUT2D eigenvalue weighted by Gasteiger charge is -2.24. The second-order valence-corrected chi connectivity index (χ2v) is 6.80. The van der Waals surface area contributed by atoms with Gasteiger partial charge in [-0.25, -0.2) is 0 Å². The molecule has 2 atom stereocenters. The first-order chi connectivity index (χ1) is 9.95. The Morgan fingerprint density at radius 1 is 1.24 bits per heavy atom. The molecule has 2 rings (SSSR count). The largest absolute Gasteiger partial charge is 0.468 e. The number of ether oxygens (including phenoxy) is 1. The number of carbonyl (C=O) groups excluding carboxylic acids is 1. The lowest BCUT2D eigenvalue weighted by atomic mass is 10.0. The molecule has 0 amide bonds. The van der Waals surface area contributed by atoms with Gasteiger partial charge in [-0.15, -0.1) is 11.3 Å². The van der Waals surface area contributed by atoms with Gasteiger partial charge < -0.3 is 4.74 Å². The Kier molecular flexibility index (Phi) is 5.01. The number of hydrogen-bond acceptors (Lipinski definition) is 4. The number of methoxy groups -OCH3 is 1. The number of thiophene rings is 1. The fourth-order valence-electron chi connectivity index (χ4n) is 2.61. The molecule has 0 fully saturated rings. The second-order valence-electron chi connectivity index (χ2n) is 5.72. The highest BCUT2D eigenvalue weighted by atomic mass is 32.1. The van der Waals surface area contributed by atoms with E-state index in [-0.39, 0.29) is 24.0 Å². The summed E-state index contributed by atoms with van der Waals surface area (Å²) in [6.07, 6.45) is 0. The lowest BCUT2D eigenvalue weighted by molar-refractivity contribution is -0.144. The van der Waals surface area contributed by atoms with Crippen molar-refractivity contribution in [2.45, 2.75) is 39.8 Å². The molecule has 0 bridgehead atoms. The van der Waals surface area contributed by atoms with Crippen molar-refractivity contribution in [2.75, 3.05) is 7.11 Å². The third kappa shape index (κ3) is 3.27. The van der Waals surface area contributed by atoms with Crippen LogP contribution >= 0.6 is 11.3 Å². The van der Waals surface area contributed by atoms with Gasteiger partial charge in [0.05, 0.1) is 7.11 Å². The summed E-state index contributed by atoms with van der Waals surface area (Å²) < 4.78 is 6.19. The molecule has 1 unspecified atom stereocenters. The number of carbonyl (C=O) groups is 1. The summed E-state index contributed by atoms with van der Waals surface area (Å²) >= 11 is 1.79. The van der Waals surface area contributed by atoms with Crippen molar-refractivity contribution >= 4 is 27.4 Å². The van der Waals surface area contributed by atoms with E-state index in [0.29, 0.717) is 0 Å². The van der Waals surface area contributed by atoms with Gasteiger partial charge in [0, 0.05) is 15.6 Å². The van der Waals surface area contributed by atoms with E-state index >= 15 is 0 Å². The van der Waals surface area contributed by atoms with E-state index < -0.39 is 0 Å². The minimum atomic E-state index is -0.283. The highest BCUT2D eigenvalue weighted by Gasteiger charge is 2.26. The van der Waals surface area contributed by atoms with Crippen molar-refractivity contribution in [1.29, 1.82) is 0 Å². The number of fused-ring (bicyclic) bond motifs is 1.